The second-order valence-corrected chi connectivity index (χ2v) is 8.71. The first-order chi connectivity index (χ1) is 14.6. The molecule has 1 aliphatic rings. The number of carbonyl (C=O) groups excluding carboxylic acids is 1. The number of nitrogens with one attached hydrogen (secondary N) is 1. The Kier molecular flexibility index (Phi) is 6.72. The topological polar surface area (TPSA) is 95.7 Å². The van der Waals surface area contributed by atoms with Crippen molar-refractivity contribution >= 4 is 25.0 Å². The van der Waals surface area contributed by atoms with Gasteiger partial charge in [0, 0.05) is 12.7 Å². The third-order valence-electron chi connectivity index (χ3n) is 5.61. The van der Waals surface area contributed by atoms with Crippen LogP contribution in [0, 0.1) is 6.92 Å². The summed E-state index contributed by atoms with van der Waals surface area (Å²) < 4.78 is 17.7. The number of rotatable bonds is 6. The fourth-order valence-corrected chi connectivity index (χ4v) is 3.04. The molecule has 0 unspecified atom stereocenters. The molecule has 1 aromatic heterocycles. The van der Waals surface area contributed by atoms with Crippen LogP contribution < -0.4 is 11.1 Å². The van der Waals surface area contributed by atoms with Crippen LogP contribution in [0.25, 0.3) is 6.08 Å². The second-order valence-electron chi connectivity index (χ2n) is 8.71. The normalized spacial score (nSPS) is 17.5. The van der Waals surface area contributed by atoms with Gasteiger partial charge >= 0.3 is 13.2 Å². The Morgan fingerprint density at radius 1 is 1.19 bits per heavy atom. The van der Waals surface area contributed by atoms with E-state index in [-0.39, 0.29) is 13.2 Å². The lowest BCUT2D eigenvalue weighted by Crippen LogP contribution is -2.41. The number of benzene rings is 1. The highest BCUT2D eigenvalue weighted by Gasteiger charge is 2.52. The van der Waals surface area contributed by atoms with Crippen LogP contribution in [0.3, 0.4) is 0 Å². The van der Waals surface area contributed by atoms with Crippen LogP contribution in [-0.4, -0.2) is 35.9 Å². The van der Waals surface area contributed by atoms with E-state index in [0.29, 0.717) is 16.9 Å². The molecule has 164 valence electrons. The predicted octanol–water partition coefficient (Wildman–Crippen LogP) is 3.91. The minimum atomic E-state index is -0.651. The fraction of sp³-hybridized carbons (Fsp3) is 0.391. The van der Waals surface area contributed by atoms with E-state index in [1.54, 1.807) is 12.3 Å². The summed E-state index contributed by atoms with van der Waals surface area (Å²) in [6, 6.07) is 11.4. The molecule has 3 rings (SSSR count). The van der Waals surface area contributed by atoms with Crippen molar-refractivity contribution in [2.75, 3.05) is 12.3 Å². The van der Waals surface area contributed by atoms with Crippen molar-refractivity contribution in [1.82, 2.24) is 10.3 Å². The van der Waals surface area contributed by atoms with Crippen LogP contribution in [0.5, 0.6) is 0 Å². The van der Waals surface area contributed by atoms with Crippen molar-refractivity contribution in [3.8, 4) is 0 Å². The molecular formula is C23H30BN3O4. The van der Waals surface area contributed by atoms with Gasteiger partial charge in [0.1, 0.15) is 6.61 Å². The fourth-order valence-electron chi connectivity index (χ4n) is 3.04. The number of hydrogen-bond acceptors (Lipinski definition) is 6. The van der Waals surface area contributed by atoms with E-state index >= 15 is 0 Å². The van der Waals surface area contributed by atoms with E-state index < -0.39 is 24.4 Å². The molecule has 3 N–H and O–H groups in total. The lowest BCUT2D eigenvalue weighted by molar-refractivity contribution is 0.00578. The maximum Gasteiger partial charge on any atom is 0.492 e. The molecule has 0 atom stereocenters. The van der Waals surface area contributed by atoms with Gasteiger partial charge in [0.15, 0.2) is 0 Å². The number of ether oxygens (including phenoxy) is 1. The van der Waals surface area contributed by atoms with Crippen LogP contribution >= 0.6 is 0 Å². The molecule has 0 bridgehead atoms. The molecule has 1 saturated heterocycles. The molecule has 1 aromatic carbocycles. The molecule has 1 amide bonds. The molecule has 0 radical (unpaired) electrons. The lowest BCUT2D eigenvalue weighted by Gasteiger charge is -2.32. The summed E-state index contributed by atoms with van der Waals surface area (Å²) in [7, 11) is -0.651. The first-order valence-corrected chi connectivity index (χ1v) is 10.3. The molecule has 0 spiro atoms. The van der Waals surface area contributed by atoms with Crippen LogP contribution in [-0.2, 0) is 20.7 Å². The van der Waals surface area contributed by atoms with Crippen molar-refractivity contribution in [3.63, 3.8) is 0 Å². The van der Waals surface area contributed by atoms with Crippen molar-refractivity contribution in [2.45, 2.75) is 52.4 Å². The van der Waals surface area contributed by atoms with Gasteiger partial charge in [0.2, 0.25) is 0 Å². The molecule has 8 heteroatoms. The van der Waals surface area contributed by atoms with Gasteiger partial charge in [-0.3, -0.25) is 4.98 Å². The average Bonchev–Trinajstić information content (AvgIpc) is 2.93. The minimum Gasteiger partial charge on any atom is -0.445 e. The Morgan fingerprint density at radius 3 is 2.45 bits per heavy atom. The summed E-state index contributed by atoms with van der Waals surface area (Å²) in [4.78, 5) is 16.7. The molecule has 0 aliphatic carbocycles. The number of nitrogen functional groups attached to an aromatic ring is 1. The predicted molar refractivity (Wildman–Crippen MR) is 122 cm³/mol. The van der Waals surface area contributed by atoms with Crippen molar-refractivity contribution in [3.05, 3.63) is 64.9 Å². The van der Waals surface area contributed by atoms with Gasteiger partial charge in [-0.2, -0.15) is 0 Å². The van der Waals surface area contributed by atoms with Crippen molar-refractivity contribution < 1.29 is 18.8 Å². The van der Waals surface area contributed by atoms with E-state index in [0.717, 1.165) is 11.1 Å². The number of aromatic nitrogens is 1. The molecule has 31 heavy (non-hydrogen) atoms. The highest BCUT2D eigenvalue weighted by atomic mass is 16.7. The molecule has 2 aromatic rings. The standard InChI is InChI=1S/C23H30BN3O4/c1-16-11-19(25)20(26-13-16)12-18(24-30-22(2,3)23(4,5)31-24)14-27-21(28)29-15-17-9-7-6-8-10-17/h6-13H,14-15,25H2,1-5H3,(H,27,28). The Morgan fingerprint density at radius 2 is 1.84 bits per heavy atom. The summed E-state index contributed by atoms with van der Waals surface area (Å²) in [6.07, 6.45) is 3.01. The van der Waals surface area contributed by atoms with Gasteiger partial charge in [-0.1, -0.05) is 30.3 Å². The first-order valence-electron chi connectivity index (χ1n) is 10.3. The monoisotopic (exact) mass is 423 g/mol. The van der Waals surface area contributed by atoms with E-state index in [9.17, 15) is 4.79 Å². The number of aryl methyl sites for hydroxylation is 1. The molecule has 2 heterocycles. The number of alkyl carbamates (subject to hydrolysis) is 1. The summed E-state index contributed by atoms with van der Waals surface area (Å²) in [5, 5.41) is 2.78. The highest BCUT2D eigenvalue weighted by molar-refractivity contribution is 6.56. The van der Waals surface area contributed by atoms with Gasteiger partial charge in [0.05, 0.1) is 22.6 Å². The average molecular weight is 423 g/mol. The van der Waals surface area contributed by atoms with Gasteiger partial charge in [0.25, 0.3) is 0 Å². The zero-order valence-corrected chi connectivity index (χ0v) is 18.8. The van der Waals surface area contributed by atoms with E-state index in [1.165, 1.54) is 0 Å². The maximum atomic E-state index is 12.3. The van der Waals surface area contributed by atoms with E-state index in [4.69, 9.17) is 19.8 Å². The SMILES string of the molecule is Cc1cnc(C=C(CNC(=O)OCc2ccccc2)B2OC(C)(C)C(C)(C)O2)c(N)c1. The Balaban J connectivity index is 1.74. The number of hydrogen-bond donors (Lipinski definition) is 2. The first kappa shape index (κ1) is 22.8. The lowest BCUT2D eigenvalue weighted by atomic mass is 9.77. The van der Waals surface area contributed by atoms with Crippen molar-refractivity contribution in [2.24, 2.45) is 0 Å². The zero-order valence-electron chi connectivity index (χ0n) is 18.8. The number of amides is 1. The molecular weight excluding hydrogens is 393 g/mol. The van der Waals surface area contributed by atoms with Crippen molar-refractivity contribution in [1.29, 1.82) is 0 Å². The summed E-state index contributed by atoms with van der Waals surface area (Å²) in [5.74, 6) is 0. The van der Waals surface area contributed by atoms with Gasteiger partial charge in [-0.15, -0.1) is 0 Å². The largest absolute Gasteiger partial charge is 0.492 e. The summed E-state index contributed by atoms with van der Waals surface area (Å²) >= 11 is 0. The highest BCUT2D eigenvalue weighted by Crippen LogP contribution is 2.38. The molecule has 1 aliphatic heterocycles. The van der Waals surface area contributed by atoms with Gasteiger partial charge in [-0.25, -0.2) is 4.79 Å². The number of nitrogens with two attached hydrogens (primary N) is 1. The number of nitrogens with zero attached hydrogens (tertiary/aromatic N) is 1. The Labute approximate surface area is 184 Å². The molecule has 1 fully saturated rings. The van der Waals surface area contributed by atoms with E-state index in [1.807, 2.05) is 71.0 Å². The summed E-state index contributed by atoms with van der Waals surface area (Å²) in [6.45, 7) is 10.2. The third kappa shape index (κ3) is 5.65. The van der Waals surface area contributed by atoms with Gasteiger partial charge in [-0.05, 0) is 63.4 Å². The van der Waals surface area contributed by atoms with Crippen LogP contribution in [0.1, 0.15) is 44.5 Å². The van der Waals surface area contributed by atoms with Crippen LogP contribution in [0.2, 0.25) is 0 Å². The van der Waals surface area contributed by atoms with Gasteiger partial charge < -0.3 is 25.1 Å². The minimum absolute atomic E-state index is 0.166. The van der Waals surface area contributed by atoms with E-state index in [2.05, 4.69) is 10.3 Å². The number of anilines is 1. The number of pyridine rings is 1. The Hall–Kier alpha value is -2.84. The van der Waals surface area contributed by atoms with Crippen LogP contribution in [0.4, 0.5) is 10.5 Å². The summed E-state index contributed by atoms with van der Waals surface area (Å²) in [5.41, 5.74) is 8.82. The maximum absolute atomic E-state index is 12.3. The second kappa shape index (κ2) is 9.12. The van der Waals surface area contributed by atoms with Crippen LogP contribution in [0.15, 0.2) is 48.1 Å². The number of carbonyl (C=O) groups is 1. The Bertz CT molecular complexity index is 945. The zero-order chi connectivity index (χ0) is 22.6. The molecule has 0 saturated carbocycles. The molecule has 7 nitrogen and oxygen atoms in total. The third-order valence-corrected chi connectivity index (χ3v) is 5.61. The quantitative estimate of drug-likeness (QED) is 0.684. The smallest absolute Gasteiger partial charge is 0.445 e.